The maximum Gasteiger partial charge on any atom is 0.472 e. The van der Waals surface area contributed by atoms with E-state index in [2.05, 4.69) is 43.5 Å². The van der Waals surface area contributed by atoms with Crippen LogP contribution >= 0.6 is 7.82 Å². The van der Waals surface area contributed by atoms with E-state index in [0.29, 0.717) is 12.8 Å². The van der Waals surface area contributed by atoms with Gasteiger partial charge in [-0.1, -0.05) is 160 Å². The molecule has 9 heteroatoms. The molecule has 0 fully saturated rings. The molecule has 1 amide bonds. The second kappa shape index (κ2) is 35.8. The van der Waals surface area contributed by atoms with Crippen molar-refractivity contribution in [1.29, 1.82) is 0 Å². The van der Waals surface area contributed by atoms with Gasteiger partial charge in [0.2, 0.25) is 5.91 Å². The molecule has 0 aromatic heterocycles. The summed E-state index contributed by atoms with van der Waals surface area (Å²) in [5, 5.41) is 13.7. The molecule has 8 nitrogen and oxygen atoms in total. The summed E-state index contributed by atoms with van der Waals surface area (Å²) in [4.78, 5) is 22.6. The monoisotopic (exact) mass is 701 g/mol. The zero-order valence-electron chi connectivity index (χ0n) is 31.2. The van der Waals surface area contributed by atoms with Crippen LogP contribution in [0.1, 0.15) is 187 Å². The summed E-state index contributed by atoms with van der Waals surface area (Å²) in [6.45, 7) is 4.15. The highest BCUT2D eigenvalue weighted by Gasteiger charge is 2.27. The molecule has 0 aliphatic heterocycles. The van der Waals surface area contributed by atoms with Gasteiger partial charge in [0, 0.05) is 13.0 Å². The van der Waals surface area contributed by atoms with Crippen LogP contribution in [-0.2, 0) is 18.4 Å². The predicted octanol–water partition coefficient (Wildman–Crippen LogP) is 10.6. The molecule has 5 N–H and O–H groups in total. The van der Waals surface area contributed by atoms with Gasteiger partial charge >= 0.3 is 7.82 Å². The highest BCUT2D eigenvalue weighted by molar-refractivity contribution is 7.47. The summed E-state index contributed by atoms with van der Waals surface area (Å²) >= 11 is 0. The van der Waals surface area contributed by atoms with Crippen molar-refractivity contribution in [2.45, 2.75) is 199 Å². The molecule has 0 rings (SSSR count). The number of hydrogen-bond donors (Lipinski definition) is 4. The Kier molecular flexibility index (Phi) is 35.0. The zero-order valence-corrected chi connectivity index (χ0v) is 32.1. The summed E-state index contributed by atoms with van der Waals surface area (Å²) in [6.07, 6.45) is 39.1. The van der Waals surface area contributed by atoms with Gasteiger partial charge in [-0.3, -0.25) is 13.8 Å². The quantitative estimate of drug-likeness (QED) is 0.0288. The fraction of sp³-hybridized carbons (Fsp3) is 0.872. The van der Waals surface area contributed by atoms with E-state index in [1.54, 1.807) is 0 Å². The van der Waals surface area contributed by atoms with Crippen molar-refractivity contribution in [1.82, 2.24) is 5.32 Å². The van der Waals surface area contributed by atoms with E-state index in [1.807, 2.05) is 0 Å². The maximum atomic E-state index is 12.7. The first-order chi connectivity index (χ1) is 23.4. The molecule has 48 heavy (non-hydrogen) atoms. The molecule has 0 aliphatic rings. The van der Waals surface area contributed by atoms with Gasteiger partial charge in [0.15, 0.2) is 0 Å². The number of aliphatic hydroxyl groups is 1. The van der Waals surface area contributed by atoms with Gasteiger partial charge < -0.3 is 21.1 Å². The van der Waals surface area contributed by atoms with E-state index in [1.165, 1.54) is 116 Å². The molecule has 3 unspecified atom stereocenters. The van der Waals surface area contributed by atoms with Crippen LogP contribution in [-0.4, -0.2) is 47.8 Å². The maximum absolute atomic E-state index is 12.7. The Bertz CT molecular complexity index is 809. The molecule has 0 aliphatic carbocycles. The Morgan fingerprint density at radius 1 is 0.688 bits per heavy atom. The number of nitrogens with one attached hydrogen (secondary N) is 1. The Morgan fingerprint density at radius 2 is 1.15 bits per heavy atom. The van der Waals surface area contributed by atoms with Crippen LogP contribution in [0.25, 0.3) is 0 Å². The first-order valence-electron chi connectivity index (χ1n) is 20.0. The lowest BCUT2D eigenvalue weighted by atomic mass is 10.0. The first kappa shape index (κ1) is 47.0. The van der Waals surface area contributed by atoms with Crippen molar-refractivity contribution in [3.8, 4) is 0 Å². The van der Waals surface area contributed by atoms with Gasteiger partial charge in [-0.15, -0.1) is 0 Å². The number of nitrogens with two attached hydrogens (primary N) is 1. The van der Waals surface area contributed by atoms with Gasteiger partial charge in [-0.25, -0.2) is 4.57 Å². The van der Waals surface area contributed by atoms with E-state index >= 15 is 0 Å². The van der Waals surface area contributed by atoms with Crippen molar-refractivity contribution in [2.75, 3.05) is 19.8 Å². The van der Waals surface area contributed by atoms with Crippen LogP contribution in [0.4, 0.5) is 0 Å². The van der Waals surface area contributed by atoms with Gasteiger partial charge in [0.05, 0.1) is 25.4 Å². The van der Waals surface area contributed by atoms with E-state index in [0.717, 1.165) is 44.9 Å². The van der Waals surface area contributed by atoms with Crippen LogP contribution in [0.5, 0.6) is 0 Å². The number of carbonyl (C=O) groups excluding carboxylic acids is 1. The van der Waals surface area contributed by atoms with E-state index in [4.69, 9.17) is 14.8 Å². The van der Waals surface area contributed by atoms with Crippen molar-refractivity contribution in [3.63, 3.8) is 0 Å². The molecule has 284 valence electrons. The minimum absolute atomic E-state index is 0.0881. The summed E-state index contributed by atoms with van der Waals surface area (Å²) < 4.78 is 22.0. The minimum atomic E-state index is -4.30. The Hall–Kier alpha value is -1.02. The van der Waals surface area contributed by atoms with Crippen LogP contribution in [0.3, 0.4) is 0 Å². The second-order valence-corrected chi connectivity index (χ2v) is 14.9. The minimum Gasteiger partial charge on any atom is -0.391 e. The number of hydrogen-bond acceptors (Lipinski definition) is 6. The Balaban J connectivity index is 4.07. The Morgan fingerprint density at radius 3 is 1.65 bits per heavy atom. The SMILES string of the molecule is CCCCCCC/C=C\C/C=C\CCCCCCCCCCCC(=O)NC(COP(=O)(O)OCCN)C(O)CCCCCCCCCC. The van der Waals surface area contributed by atoms with Crippen LogP contribution in [0.15, 0.2) is 24.3 Å². The molecule has 3 atom stereocenters. The van der Waals surface area contributed by atoms with Gasteiger partial charge in [0.25, 0.3) is 0 Å². The number of amides is 1. The normalized spacial score (nSPS) is 14.5. The summed E-state index contributed by atoms with van der Waals surface area (Å²) in [7, 11) is -4.30. The first-order valence-corrected chi connectivity index (χ1v) is 21.4. The summed E-state index contributed by atoms with van der Waals surface area (Å²) in [5.74, 6) is -0.169. The smallest absolute Gasteiger partial charge is 0.391 e. The van der Waals surface area contributed by atoms with Crippen LogP contribution in [0, 0.1) is 0 Å². The average molecular weight is 701 g/mol. The largest absolute Gasteiger partial charge is 0.472 e. The predicted molar refractivity (Wildman–Crippen MR) is 203 cm³/mol. The van der Waals surface area contributed by atoms with Crippen molar-refractivity contribution < 1.29 is 28.4 Å². The highest BCUT2D eigenvalue weighted by atomic mass is 31.2. The van der Waals surface area contributed by atoms with Gasteiger partial charge in [-0.2, -0.15) is 0 Å². The van der Waals surface area contributed by atoms with Gasteiger partial charge in [0.1, 0.15) is 0 Å². The van der Waals surface area contributed by atoms with Crippen molar-refractivity contribution in [3.05, 3.63) is 24.3 Å². The summed E-state index contributed by atoms with van der Waals surface area (Å²) in [5.41, 5.74) is 5.35. The molecule has 0 aromatic carbocycles. The highest BCUT2D eigenvalue weighted by Crippen LogP contribution is 2.43. The van der Waals surface area contributed by atoms with Gasteiger partial charge in [-0.05, 0) is 44.9 Å². The topological polar surface area (TPSA) is 131 Å². The van der Waals surface area contributed by atoms with Crippen molar-refractivity contribution in [2.24, 2.45) is 5.73 Å². The number of unbranched alkanes of at least 4 members (excludes halogenated alkanes) is 21. The molecule has 0 bridgehead atoms. The molecular weight excluding hydrogens is 623 g/mol. The second-order valence-electron chi connectivity index (χ2n) is 13.5. The number of rotatable bonds is 37. The number of allylic oxidation sites excluding steroid dienone is 4. The lowest BCUT2D eigenvalue weighted by Crippen LogP contribution is -2.46. The van der Waals surface area contributed by atoms with Crippen LogP contribution in [0.2, 0.25) is 0 Å². The lowest BCUT2D eigenvalue weighted by Gasteiger charge is -2.25. The fourth-order valence-electron chi connectivity index (χ4n) is 5.75. The third kappa shape index (κ3) is 33.5. The molecule has 0 heterocycles. The van der Waals surface area contributed by atoms with E-state index in [9.17, 15) is 19.4 Å². The van der Waals surface area contributed by atoms with Crippen molar-refractivity contribution >= 4 is 13.7 Å². The third-order valence-electron chi connectivity index (χ3n) is 8.81. The average Bonchev–Trinajstić information content (AvgIpc) is 3.07. The number of aliphatic hydroxyl groups excluding tert-OH is 1. The molecule has 0 saturated heterocycles. The Labute approximate surface area is 296 Å². The standard InChI is InChI=1S/C39H77N2O6P/c1-3-5-7-9-11-13-14-15-16-17-18-19-20-21-22-23-24-25-27-29-31-33-39(43)41-37(36-47-48(44,45)46-35-34-40)38(42)32-30-28-26-12-10-8-6-4-2/h14-15,17-18,37-38,42H,3-13,16,19-36,40H2,1-2H3,(H,41,43)(H,44,45)/b15-14-,18-17-. The van der Waals surface area contributed by atoms with E-state index < -0.39 is 20.0 Å². The fourth-order valence-corrected chi connectivity index (χ4v) is 6.51. The van der Waals surface area contributed by atoms with E-state index in [-0.39, 0.29) is 25.7 Å². The molecular formula is C39H77N2O6P. The number of carbonyl (C=O) groups is 1. The molecule has 0 saturated carbocycles. The van der Waals surface area contributed by atoms with Crippen LogP contribution < -0.4 is 11.1 Å². The molecule has 0 spiro atoms. The lowest BCUT2D eigenvalue weighted by molar-refractivity contribution is -0.123. The third-order valence-corrected chi connectivity index (χ3v) is 9.79. The zero-order chi connectivity index (χ0) is 35.4. The number of phosphoric acid groups is 1. The number of phosphoric ester groups is 1. The summed E-state index contributed by atoms with van der Waals surface area (Å²) in [6, 6.07) is -0.772. The molecule has 0 radical (unpaired) electrons. The molecule has 0 aromatic rings.